The molecule has 0 unspecified atom stereocenters. The van der Waals surface area contributed by atoms with Gasteiger partial charge in [0.2, 0.25) is 5.60 Å². The average Bonchev–Trinajstić information content (AvgIpc) is 2.46. The van der Waals surface area contributed by atoms with Gasteiger partial charge in [-0.25, -0.2) is 0 Å². The summed E-state index contributed by atoms with van der Waals surface area (Å²) in [6.07, 6.45) is -6.68. The number of ether oxygens (including phenoxy) is 1. The maximum atomic E-state index is 11.9. The van der Waals surface area contributed by atoms with Crippen LogP contribution in [-0.2, 0) is 14.3 Å². The first-order chi connectivity index (χ1) is 9.54. The van der Waals surface area contributed by atoms with Gasteiger partial charge in [0.25, 0.3) is 0 Å². The highest BCUT2D eigenvalue weighted by Gasteiger charge is 2.63. The first kappa shape index (κ1) is 17.6. The minimum atomic E-state index is -2.95. The zero-order valence-corrected chi connectivity index (χ0v) is 11.3. The van der Waals surface area contributed by atoms with Crippen molar-refractivity contribution >= 4 is 11.6 Å². The van der Waals surface area contributed by atoms with Crippen molar-refractivity contribution in [2.24, 2.45) is 0 Å². The highest BCUT2D eigenvalue weighted by molar-refractivity contribution is 6.18. The summed E-state index contributed by atoms with van der Waals surface area (Å²) in [6.45, 7) is 7.20. The van der Waals surface area contributed by atoms with Crippen molar-refractivity contribution in [1.29, 1.82) is 0 Å². The number of carbonyl (C=O) groups is 2. The summed E-state index contributed by atoms with van der Waals surface area (Å²) in [6, 6.07) is 0. The van der Waals surface area contributed by atoms with Crippen molar-refractivity contribution < 1.29 is 39.9 Å². The van der Waals surface area contributed by atoms with Gasteiger partial charge in [-0.2, -0.15) is 0 Å². The molecule has 21 heavy (non-hydrogen) atoms. The molecule has 0 radical (unpaired) electrons. The quantitative estimate of drug-likeness (QED) is 0.275. The molecule has 1 aliphatic heterocycles. The molecular weight excluding hydrogens is 284 g/mol. The van der Waals surface area contributed by atoms with Crippen LogP contribution in [0.15, 0.2) is 25.3 Å². The number of rotatable bonds is 5. The Kier molecular flexibility index (Phi) is 4.83. The van der Waals surface area contributed by atoms with Crippen molar-refractivity contribution in [2.75, 3.05) is 0 Å². The van der Waals surface area contributed by atoms with Gasteiger partial charge in [-0.15, -0.1) is 0 Å². The van der Waals surface area contributed by atoms with E-state index in [1.165, 1.54) is 0 Å². The van der Waals surface area contributed by atoms with Gasteiger partial charge in [0.1, 0.15) is 23.9 Å². The third kappa shape index (κ3) is 2.57. The molecule has 1 rings (SSSR count). The van der Waals surface area contributed by atoms with Gasteiger partial charge in [-0.05, 0) is 19.1 Å². The smallest absolute Gasteiger partial charge is 0.218 e. The minimum Gasteiger partial charge on any atom is -0.387 e. The molecule has 1 aliphatic rings. The summed E-state index contributed by atoms with van der Waals surface area (Å²) in [5.41, 5.74) is -5.36. The van der Waals surface area contributed by atoms with Crippen molar-refractivity contribution in [3.8, 4) is 0 Å². The lowest BCUT2D eigenvalue weighted by Crippen LogP contribution is -2.73. The monoisotopic (exact) mass is 302 g/mol. The molecule has 0 aliphatic carbocycles. The molecule has 0 aromatic carbocycles. The van der Waals surface area contributed by atoms with Gasteiger partial charge < -0.3 is 30.3 Å². The Morgan fingerprint density at radius 2 is 1.62 bits per heavy atom. The highest BCUT2D eigenvalue weighted by Crippen LogP contribution is 2.36. The summed E-state index contributed by atoms with van der Waals surface area (Å²) < 4.78 is 4.80. The topological polar surface area (TPSA) is 145 Å². The molecule has 0 saturated carbocycles. The Labute approximate surface area is 120 Å². The predicted molar refractivity (Wildman–Crippen MR) is 68.9 cm³/mol. The van der Waals surface area contributed by atoms with Crippen LogP contribution in [0.5, 0.6) is 0 Å². The van der Waals surface area contributed by atoms with Gasteiger partial charge in [0, 0.05) is 0 Å². The van der Waals surface area contributed by atoms with Crippen LogP contribution in [0.1, 0.15) is 6.92 Å². The molecule has 0 bridgehead atoms. The number of hydrogen-bond donors (Lipinski definition) is 5. The van der Waals surface area contributed by atoms with Crippen LogP contribution in [0, 0.1) is 0 Å². The lowest BCUT2D eigenvalue weighted by molar-refractivity contribution is -0.331. The van der Waals surface area contributed by atoms with E-state index in [1.807, 2.05) is 0 Å². The van der Waals surface area contributed by atoms with E-state index in [9.17, 15) is 35.1 Å². The van der Waals surface area contributed by atoms with E-state index < -0.39 is 47.4 Å². The molecule has 8 heteroatoms. The lowest BCUT2D eigenvalue weighted by atomic mass is 9.73. The van der Waals surface area contributed by atoms with E-state index in [2.05, 4.69) is 13.2 Å². The Morgan fingerprint density at radius 3 is 2.00 bits per heavy atom. The summed E-state index contributed by atoms with van der Waals surface area (Å²) in [4.78, 5) is 23.7. The van der Waals surface area contributed by atoms with Crippen LogP contribution in [0.2, 0.25) is 0 Å². The van der Waals surface area contributed by atoms with Crippen LogP contribution in [0.4, 0.5) is 0 Å². The fourth-order valence-corrected chi connectivity index (χ4v) is 2.23. The van der Waals surface area contributed by atoms with Crippen LogP contribution in [-0.4, -0.2) is 72.9 Å². The fourth-order valence-electron chi connectivity index (χ4n) is 2.23. The molecule has 5 N–H and O–H groups in total. The second kappa shape index (κ2) is 5.76. The van der Waals surface area contributed by atoms with E-state index in [4.69, 9.17) is 4.74 Å². The van der Waals surface area contributed by atoms with E-state index in [0.717, 1.165) is 6.92 Å². The Bertz CT molecular complexity index is 449. The number of aliphatic hydroxyl groups excluding tert-OH is 3. The first-order valence-electron chi connectivity index (χ1n) is 6.03. The van der Waals surface area contributed by atoms with E-state index in [0.29, 0.717) is 12.2 Å². The molecule has 1 heterocycles. The number of aliphatic hydroxyl groups is 5. The lowest BCUT2D eigenvalue weighted by Gasteiger charge is -2.49. The van der Waals surface area contributed by atoms with Crippen molar-refractivity contribution in [2.45, 2.75) is 42.7 Å². The normalized spacial score (nSPS) is 36.9. The molecule has 0 amide bonds. The van der Waals surface area contributed by atoms with Gasteiger partial charge in [-0.1, -0.05) is 13.2 Å². The van der Waals surface area contributed by atoms with E-state index in [-0.39, 0.29) is 0 Å². The van der Waals surface area contributed by atoms with Gasteiger partial charge in [0.05, 0.1) is 0 Å². The standard InChI is InChI=1S/C13H18O8/c1-4-6(14)13(20,7(15)5-2)11-12(3,19)9(17)8(16)10(18)21-11/h4-5,8-11,16-20H,1-2H2,3H3/t8-,9-,10+,11+,12-/m1/s1. The van der Waals surface area contributed by atoms with Crippen LogP contribution >= 0.6 is 0 Å². The first-order valence-corrected chi connectivity index (χ1v) is 6.03. The third-order valence-electron chi connectivity index (χ3n) is 3.52. The van der Waals surface area contributed by atoms with E-state index >= 15 is 0 Å². The number of ketones is 2. The summed E-state index contributed by atoms with van der Waals surface area (Å²) in [5, 5.41) is 49.4. The SMILES string of the molecule is C=CC(=O)C(O)(C(=O)C=C)[C@H]1O[C@H](O)[C@H](O)[C@@H](O)[C@@]1(C)O. The molecular formula is C13H18O8. The van der Waals surface area contributed by atoms with E-state index in [1.54, 1.807) is 0 Å². The Morgan fingerprint density at radius 1 is 1.19 bits per heavy atom. The average molecular weight is 302 g/mol. The molecule has 0 spiro atoms. The van der Waals surface area contributed by atoms with Gasteiger partial charge in [0.15, 0.2) is 17.9 Å². The number of carbonyl (C=O) groups excluding carboxylic acids is 2. The molecule has 118 valence electrons. The highest BCUT2D eigenvalue weighted by atomic mass is 16.6. The fraction of sp³-hybridized carbons (Fsp3) is 0.538. The van der Waals surface area contributed by atoms with Gasteiger partial charge in [-0.3, -0.25) is 9.59 Å². The summed E-state index contributed by atoms with van der Waals surface area (Å²) in [7, 11) is 0. The van der Waals surface area contributed by atoms with Crippen molar-refractivity contribution in [1.82, 2.24) is 0 Å². The zero-order valence-electron chi connectivity index (χ0n) is 11.3. The predicted octanol–water partition coefficient (Wildman–Crippen LogP) is -2.58. The van der Waals surface area contributed by atoms with Crippen LogP contribution in [0.3, 0.4) is 0 Å². The maximum absolute atomic E-state index is 11.9. The Hall–Kier alpha value is -1.42. The third-order valence-corrected chi connectivity index (χ3v) is 3.52. The zero-order chi connectivity index (χ0) is 16.6. The summed E-state index contributed by atoms with van der Waals surface area (Å²) >= 11 is 0. The van der Waals surface area contributed by atoms with Gasteiger partial charge >= 0.3 is 0 Å². The van der Waals surface area contributed by atoms with Crippen LogP contribution in [0.25, 0.3) is 0 Å². The molecule has 8 nitrogen and oxygen atoms in total. The number of hydrogen-bond acceptors (Lipinski definition) is 8. The second-order valence-corrected chi connectivity index (χ2v) is 4.97. The van der Waals surface area contributed by atoms with Crippen molar-refractivity contribution in [3.63, 3.8) is 0 Å². The Balaban J connectivity index is 3.42. The molecule has 0 aromatic heterocycles. The summed E-state index contributed by atoms with van der Waals surface area (Å²) in [5.74, 6) is -2.43. The molecule has 1 fully saturated rings. The minimum absolute atomic E-state index is 0.630. The van der Waals surface area contributed by atoms with Crippen LogP contribution < -0.4 is 0 Å². The molecule has 1 saturated heterocycles. The molecule has 0 aromatic rings. The van der Waals surface area contributed by atoms with Crippen molar-refractivity contribution in [3.05, 3.63) is 25.3 Å². The second-order valence-electron chi connectivity index (χ2n) is 4.97. The maximum Gasteiger partial charge on any atom is 0.218 e. The largest absolute Gasteiger partial charge is 0.387 e. The molecule has 5 atom stereocenters.